The van der Waals surface area contributed by atoms with Crippen molar-refractivity contribution in [2.24, 2.45) is 0 Å². The molecule has 0 aliphatic carbocycles. The predicted octanol–water partition coefficient (Wildman–Crippen LogP) is 2.96. The molecule has 1 heterocycles. The number of halogens is 2. The highest BCUT2D eigenvalue weighted by Crippen LogP contribution is 2.16. The zero-order valence-electron chi connectivity index (χ0n) is 13.6. The molecule has 132 valence electrons. The molecule has 0 aromatic heterocycles. The van der Waals surface area contributed by atoms with Gasteiger partial charge in [0.1, 0.15) is 5.82 Å². The number of rotatable bonds is 4. The normalized spacial score (nSPS) is 16.6. The van der Waals surface area contributed by atoms with E-state index in [2.05, 4.69) is 10.6 Å². The van der Waals surface area contributed by atoms with Gasteiger partial charge in [0.25, 0.3) is 5.91 Å². The Bertz CT molecular complexity index is 743. The summed E-state index contributed by atoms with van der Waals surface area (Å²) in [7, 11) is 0. The highest BCUT2D eigenvalue weighted by molar-refractivity contribution is 6.15. The van der Waals surface area contributed by atoms with Gasteiger partial charge in [0.2, 0.25) is 0 Å². The molecule has 2 aromatic carbocycles. The van der Waals surface area contributed by atoms with E-state index in [1.807, 2.05) is 0 Å². The smallest absolute Gasteiger partial charge is 0.252 e. The number of benzene rings is 2. The van der Waals surface area contributed by atoms with E-state index >= 15 is 0 Å². The van der Waals surface area contributed by atoms with Crippen molar-refractivity contribution in [1.82, 2.24) is 10.6 Å². The predicted molar refractivity (Wildman–Crippen MR) is 96.9 cm³/mol. The van der Waals surface area contributed by atoms with Gasteiger partial charge in [-0.1, -0.05) is 18.2 Å². The Hall–Kier alpha value is -2.24. The van der Waals surface area contributed by atoms with Crippen LogP contribution in [-0.4, -0.2) is 30.8 Å². The van der Waals surface area contributed by atoms with Gasteiger partial charge >= 0.3 is 0 Å². The molecule has 0 unspecified atom stereocenters. The molecule has 4 nitrogen and oxygen atoms in total. The van der Waals surface area contributed by atoms with Gasteiger partial charge < -0.3 is 10.6 Å². The molecule has 1 aliphatic rings. The Morgan fingerprint density at radius 3 is 2.36 bits per heavy atom. The van der Waals surface area contributed by atoms with Crippen LogP contribution in [0.15, 0.2) is 48.5 Å². The lowest BCUT2D eigenvalue weighted by Gasteiger charge is -2.24. The second-order valence-electron chi connectivity index (χ2n) is 5.90. The van der Waals surface area contributed by atoms with Crippen LogP contribution >= 0.6 is 12.4 Å². The van der Waals surface area contributed by atoms with Gasteiger partial charge in [-0.25, -0.2) is 4.39 Å². The maximum Gasteiger partial charge on any atom is 0.252 e. The zero-order chi connectivity index (χ0) is 16.9. The molecule has 0 radical (unpaired) electrons. The van der Waals surface area contributed by atoms with E-state index in [9.17, 15) is 14.0 Å². The van der Waals surface area contributed by atoms with E-state index in [1.165, 1.54) is 24.3 Å². The van der Waals surface area contributed by atoms with Crippen LogP contribution in [0.4, 0.5) is 4.39 Å². The lowest BCUT2D eigenvalue weighted by molar-refractivity contribution is 0.0921. The number of hydrogen-bond acceptors (Lipinski definition) is 3. The Balaban J connectivity index is 0.00000225. The van der Waals surface area contributed by atoms with Gasteiger partial charge in [-0.3, -0.25) is 9.59 Å². The van der Waals surface area contributed by atoms with Crippen molar-refractivity contribution in [3.63, 3.8) is 0 Å². The fourth-order valence-corrected chi connectivity index (χ4v) is 2.87. The van der Waals surface area contributed by atoms with Crippen molar-refractivity contribution < 1.29 is 14.0 Å². The molecule has 25 heavy (non-hydrogen) atoms. The average molecular weight is 363 g/mol. The lowest BCUT2D eigenvalue weighted by atomic mass is 9.97. The Labute approximate surface area is 152 Å². The standard InChI is InChI=1S/C19H19FN2O2.ClH/c20-14-9-7-13(8-10-14)18(23)16-5-1-2-6-17(16)19(24)22-15-4-3-11-21-12-15;/h1-2,5-10,15,21H,3-4,11-12H2,(H,22,24);1H/t15-;/m0./s1. The fraction of sp³-hybridized carbons (Fsp3) is 0.263. The molecule has 1 aliphatic heterocycles. The Morgan fingerprint density at radius 1 is 1.04 bits per heavy atom. The number of carbonyl (C=O) groups excluding carboxylic acids is 2. The summed E-state index contributed by atoms with van der Waals surface area (Å²) < 4.78 is 13.0. The average Bonchev–Trinajstić information content (AvgIpc) is 2.62. The first-order valence-corrected chi connectivity index (χ1v) is 8.06. The SMILES string of the molecule is Cl.O=C(N[C@H]1CCCNC1)c1ccccc1C(=O)c1ccc(F)cc1. The van der Waals surface area contributed by atoms with E-state index in [4.69, 9.17) is 0 Å². The maximum absolute atomic E-state index is 13.0. The van der Waals surface area contributed by atoms with E-state index in [-0.39, 0.29) is 30.1 Å². The van der Waals surface area contributed by atoms with E-state index in [1.54, 1.807) is 24.3 Å². The van der Waals surface area contributed by atoms with Gasteiger partial charge in [-0.05, 0) is 49.7 Å². The first kappa shape index (κ1) is 19.1. The Kier molecular flexibility index (Phi) is 6.67. The van der Waals surface area contributed by atoms with Crippen LogP contribution in [-0.2, 0) is 0 Å². The number of amides is 1. The summed E-state index contributed by atoms with van der Waals surface area (Å²) in [5.74, 6) is -0.945. The number of piperidine rings is 1. The van der Waals surface area contributed by atoms with Crippen molar-refractivity contribution in [3.05, 3.63) is 71.0 Å². The monoisotopic (exact) mass is 362 g/mol. The number of nitrogens with one attached hydrogen (secondary N) is 2. The van der Waals surface area contributed by atoms with E-state index in [0.717, 1.165) is 25.9 Å². The minimum atomic E-state index is -0.401. The molecule has 2 aromatic rings. The van der Waals surface area contributed by atoms with E-state index < -0.39 is 5.82 Å². The van der Waals surface area contributed by atoms with E-state index in [0.29, 0.717) is 16.7 Å². The number of carbonyl (C=O) groups is 2. The zero-order valence-corrected chi connectivity index (χ0v) is 14.4. The summed E-state index contributed by atoms with van der Waals surface area (Å²) in [5.41, 5.74) is 1.03. The van der Waals surface area contributed by atoms with Gasteiger partial charge in [-0.15, -0.1) is 12.4 Å². The molecule has 3 rings (SSSR count). The fourth-order valence-electron chi connectivity index (χ4n) is 2.87. The molecule has 0 saturated carbocycles. The second-order valence-corrected chi connectivity index (χ2v) is 5.90. The molecule has 2 N–H and O–H groups in total. The molecule has 1 atom stereocenters. The van der Waals surface area contributed by atoms with Crippen molar-refractivity contribution >= 4 is 24.1 Å². The van der Waals surface area contributed by atoms with Crippen molar-refractivity contribution in [1.29, 1.82) is 0 Å². The maximum atomic E-state index is 13.0. The van der Waals surface area contributed by atoms with Gasteiger partial charge in [0.05, 0.1) is 5.56 Å². The largest absolute Gasteiger partial charge is 0.348 e. The summed E-state index contributed by atoms with van der Waals surface area (Å²) in [6.45, 7) is 1.70. The van der Waals surface area contributed by atoms with Crippen LogP contribution in [0.1, 0.15) is 39.1 Å². The first-order chi connectivity index (χ1) is 11.6. The van der Waals surface area contributed by atoms with Crippen molar-refractivity contribution in [3.8, 4) is 0 Å². The minimum absolute atomic E-state index is 0. The third-order valence-electron chi connectivity index (χ3n) is 4.15. The molecule has 1 fully saturated rings. The van der Waals surface area contributed by atoms with Crippen LogP contribution in [0.25, 0.3) is 0 Å². The first-order valence-electron chi connectivity index (χ1n) is 8.06. The summed E-state index contributed by atoms with van der Waals surface area (Å²) in [6, 6.07) is 12.1. The Morgan fingerprint density at radius 2 is 1.72 bits per heavy atom. The molecule has 1 saturated heterocycles. The topological polar surface area (TPSA) is 58.2 Å². The van der Waals surface area contributed by atoms with Crippen molar-refractivity contribution in [2.75, 3.05) is 13.1 Å². The molecular formula is C19H20ClFN2O2. The molecule has 6 heteroatoms. The number of ketones is 1. The highest BCUT2D eigenvalue weighted by Gasteiger charge is 2.21. The summed E-state index contributed by atoms with van der Waals surface area (Å²) in [5, 5.41) is 6.22. The second kappa shape index (κ2) is 8.74. The van der Waals surface area contributed by atoms with Crippen molar-refractivity contribution in [2.45, 2.75) is 18.9 Å². The quantitative estimate of drug-likeness (QED) is 0.822. The third-order valence-corrected chi connectivity index (χ3v) is 4.15. The summed E-state index contributed by atoms with van der Waals surface area (Å²) in [4.78, 5) is 25.2. The lowest BCUT2D eigenvalue weighted by Crippen LogP contribution is -2.45. The van der Waals surface area contributed by atoms with Gasteiger partial charge in [0.15, 0.2) is 5.78 Å². The number of hydrogen-bond donors (Lipinski definition) is 2. The van der Waals surface area contributed by atoms with Crippen LogP contribution in [0, 0.1) is 5.82 Å². The van der Waals surface area contributed by atoms with Crippen LogP contribution in [0.5, 0.6) is 0 Å². The minimum Gasteiger partial charge on any atom is -0.348 e. The van der Waals surface area contributed by atoms with Gasteiger partial charge in [-0.2, -0.15) is 0 Å². The molecular weight excluding hydrogens is 343 g/mol. The van der Waals surface area contributed by atoms with Crippen LogP contribution in [0.2, 0.25) is 0 Å². The highest BCUT2D eigenvalue weighted by atomic mass is 35.5. The molecule has 0 spiro atoms. The molecule has 1 amide bonds. The van der Waals surface area contributed by atoms with Crippen LogP contribution < -0.4 is 10.6 Å². The van der Waals surface area contributed by atoms with Crippen LogP contribution in [0.3, 0.4) is 0 Å². The molecule has 0 bridgehead atoms. The third kappa shape index (κ3) is 4.65. The summed E-state index contributed by atoms with van der Waals surface area (Å²) in [6.07, 6.45) is 1.94. The van der Waals surface area contributed by atoms with Gasteiger partial charge in [0, 0.05) is 23.7 Å². The summed E-state index contributed by atoms with van der Waals surface area (Å²) >= 11 is 0.